The van der Waals surface area contributed by atoms with Gasteiger partial charge < -0.3 is 9.47 Å². The molecule has 1 heterocycles. The molecule has 0 unspecified atom stereocenters. The predicted octanol–water partition coefficient (Wildman–Crippen LogP) is 11.6. The van der Waals surface area contributed by atoms with E-state index in [4.69, 9.17) is 0 Å². The number of fused-ring (bicyclic) bond motifs is 3. The molecule has 0 aliphatic carbocycles. The van der Waals surface area contributed by atoms with Crippen molar-refractivity contribution in [2.24, 2.45) is 0 Å². The first kappa shape index (κ1) is 26.7. The zero-order valence-electron chi connectivity index (χ0n) is 25.1. The predicted molar refractivity (Wildman–Crippen MR) is 192 cm³/mol. The number of anilines is 2. The van der Waals surface area contributed by atoms with Crippen molar-refractivity contribution < 1.29 is 0 Å². The van der Waals surface area contributed by atoms with Crippen molar-refractivity contribution >= 4 is 33.2 Å². The summed E-state index contributed by atoms with van der Waals surface area (Å²) >= 11 is 0. The van der Waals surface area contributed by atoms with E-state index >= 15 is 0 Å². The number of para-hydroxylation sites is 2. The van der Waals surface area contributed by atoms with Crippen molar-refractivity contribution in [2.45, 2.75) is 0 Å². The van der Waals surface area contributed by atoms with E-state index in [1.165, 1.54) is 66.6 Å². The average Bonchev–Trinajstić information content (AvgIpc) is 3.46. The maximum Gasteiger partial charge on any atom is 0.0547 e. The smallest absolute Gasteiger partial charge is 0.0547 e. The molecule has 0 N–H and O–H groups in total. The lowest BCUT2D eigenvalue weighted by Gasteiger charge is -2.19. The van der Waals surface area contributed by atoms with Gasteiger partial charge in [-0.15, -0.1) is 0 Å². The maximum absolute atomic E-state index is 2.39. The van der Waals surface area contributed by atoms with Crippen LogP contribution in [0.15, 0.2) is 176 Å². The molecular formula is C43H32N2. The van der Waals surface area contributed by atoms with Gasteiger partial charge in [0.1, 0.15) is 0 Å². The molecule has 214 valence electrons. The van der Waals surface area contributed by atoms with Gasteiger partial charge in [0.15, 0.2) is 0 Å². The summed E-state index contributed by atoms with van der Waals surface area (Å²) in [5.74, 6) is 0. The van der Waals surface area contributed by atoms with Gasteiger partial charge in [-0.05, 0) is 81.9 Å². The second kappa shape index (κ2) is 11.3. The van der Waals surface area contributed by atoms with Gasteiger partial charge in [-0.2, -0.15) is 0 Å². The fourth-order valence-electron chi connectivity index (χ4n) is 6.40. The number of rotatable bonds is 6. The molecular weight excluding hydrogens is 544 g/mol. The number of aromatic nitrogens is 1. The Kier molecular flexibility index (Phi) is 6.73. The van der Waals surface area contributed by atoms with Crippen molar-refractivity contribution in [3.05, 3.63) is 176 Å². The van der Waals surface area contributed by atoms with E-state index in [0.29, 0.717) is 0 Å². The van der Waals surface area contributed by atoms with E-state index in [1.807, 2.05) is 6.07 Å². The molecule has 0 aliphatic heterocycles. The lowest BCUT2D eigenvalue weighted by molar-refractivity contribution is 1.18. The summed E-state index contributed by atoms with van der Waals surface area (Å²) in [6.07, 6.45) is 0. The van der Waals surface area contributed by atoms with E-state index in [1.54, 1.807) is 0 Å². The molecule has 0 radical (unpaired) electrons. The van der Waals surface area contributed by atoms with Crippen LogP contribution in [0.25, 0.3) is 60.9 Å². The highest BCUT2D eigenvalue weighted by Gasteiger charge is 2.14. The van der Waals surface area contributed by atoms with Gasteiger partial charge in [0.05, 0.1) is 11.0 Å². The summed E-state index contributed by atoms with van der Waals surface area (Å²) in [6, 6.07) is 63.2. The molecule has 0 fully saturated rings. The molecule has 0 aliphatic rings. The largest absolute Gasteiger partial charge is 0.345 e. The van der Waals surface area contributed by atoms with Crippen LogP contribution in [-0.2, 0) is 0 Å². The number of hydrogen-bond acceptors (Lipinski definition) is 1. The topological polar surface area (TPSA) is 8.17 Å². The van der Waals surface area contributed by atoms with Gasteiger partial charge in [0.25, 0.3) is 0 Å². The lowest BCUT2D eigenvalue weighted by Crippen LogP contribution is -2.08. The molecule has 0 saturated heterocycles. The summed E-state index contributed by atoms with van der Waals surface area (Å²) in [4.78, 5) is 2.21. The van der Waals surface area contributed by atoms with Gasteiger partial charge in [0.2, 0.25) is 0 Å². The van der Waals surface area contributed by atoms with Gasteiger partial charge in [-0.1, -0.05) is 127 Å². The fraction of sp³-hybridized carbons (Fsp3) is 0.0233. The van der Waals surface area contributed by atoms with Crippen molar-refractivity contribution in [3.63, 3.8) is 0 Å². The molecule has 2 nitrogen and oxygen atoms in total. The molecule has 0 amide bonds. The van der Waals surface area contributed by atoms with Gasteiger partial charge in [-0.3, -0.25) is 0 Å². The van der Waals surface area contributed by atoms with E-state index < -0.39 is 0 Å². The fourth-order valence-corrected chi connectivity index (χ4v) is 6.40. The second-order valence-corrected chi connectivity index (χ2v) is 11.5. The minimum Gasteiger partial charge on any atom is -0.345 e. The molecule has 0 atom stereocenters. The first-order valence-corrected chi connectivity index (χ1v) is 15.4. The third kappa shape index (κ3) is 4.97. The summed E-state index contributed by atoms with van der Waals surface area (Å²) in [7, 11) is 2.11. The van der Waals surface area contributed by atoms with Crippen LogP contribution in [0, 0.1) is 0 Å². The Hall–Kier alpha value is -5.86. The number of benzene rings is 7. The molecule has 0 saturated carbocycles. The highest BCUT2D eigenvalue weighted by molar-refractivity contribution is 6.10. The molecule has 7 aromatic carbocycles. The number of hydrogen-bond donors (Lipinski definition) is 0. The average molecular weight is 577 g/mol. The normalized spacial score (nSPS) is 11.2. The summed E-state index contributed by atoms with van der Waals surface area (Å²) < 4.78 is 2.39. The van der Waals surface area contributed by atoms with Crippen LogP contribution in [0.3, 0.4) is 0 Å². The minimum absolute atomic E-state index is 1.16. The van der Waals surface area contributed by atoms with Gasteiger partial charge >= 0.3 is 0 Å². The van der Waals surface area contributed by atoms with Crippen molar-refractivity contribution in [1.29, 1.82) is 0 Å². The SMILES string of the molecule is CN(c1ccccc1)c1ccc(-c2ccc(-c3ccc4c5ccccc5n(-c5ccc(-c6ccccc6)cc5)c4c3)cc2)cc1. The van der Waals surface area contributed by atoms with Crippen LogP contribution >= 0.6 is 0 Å². The summed E-state index contributed by atoms with van der Waals surface area (Å²) in [5, 5.41) is 2.53. The highest BCUT2D eigenvalue weighted by Crippen LogP contribution is 2.36. The number of nitrogens with zero attached hydrogens (tertiary/aromatic N) is 2. The minimum atomic E-state index is 1.16. The molecule has 1 aromatic heterocycles. The van der Waals surface area contributed by atoms with Crippen molar-refractivity contribution in [3.8, 4) is 39.1 Å². The van der Waals surface area contributed by atoms with E-state index in [0.717, 1.165) is 5.69 Å². The lowest BCUT2D eigenvalue weighted by atomic mass is 9.99. The Labute approximate surface area is 264 Å². The summed E-state index contributed by atoms with van der Waals surface area (Å²) in [6.45, 7) is 0. The summed E-state index contributed by atoms with van der Waals surface area (Å²) in [5.41, 5.74) is 13.2. The van der Waals surface area contributed by atoms with Crippen LogP contribution in [0.5, 0.6) is 0 Å². The Morgan fingerprint density at radius 1 is 0.356 bits per heavy atom. The Morgan fingerprint density at radius 2 is 0.800 bits per heavy atom. The third-order valence-corrected chi connectivity index (χ3v) is 8.86. The van der Waals surface area contributed by atoms with Gasteiger partial charge in [0, 0.05) is 34.9 Å². The molecule has 0 bridgehead atoms. The Morgan fingerprint density at radius 3 is 1.47 bits per heavy atom. The third-order valence-electron chi connectivity index (χ3n) is 8.86. The Bertz CT molecular complexity index is 2230. The quantitative estimate of drug-likeness (QED) is 0.191. The first-order valence-electron chi connectivity index (χ1n) is 15.4. The van der Waals surface area contributed by atoms with Crippen LogP contribution in [0.2, 0.25) is 0 Å². The molecule has 0 spiro atoms. The first-order chi connectivity index (χ1) is 22.2. The Balaban J connectivity index is 1.12. The van der Waals surface area contributed by atoms with E-state index in [-0.39, 0.29) is 0 Å². The molecule has 2 heteroatoms. The van der Waals surface area contributed by atoms with E-state index in [9.17, 15) is 0 Å². The van der Waals surface area contributed by atoms with Crippen LogP contribution in [0.4, 0.5) is 11.4 Å². The standard InChI is InChI=1S/C43H32N2/c1-44(37-12-6-3-7-13-37)38-25-20-34(21-26-38)32-16-18-35(19-17-32)36-24-29-41-40-14-8-9-15-42(40)45(43(41)30-36)39-27-22-33(23-28-39)31-10-4-2-5-11-31/h2-30H,1H3. The van der Waals surface area contributed by atoms with Crippen LogP contribution < -0.4 is 4.90 Å². The molecule has 45 heavy (non-hydrogen) atoms. The molecule has 8 rings (SSSR count). The monoisotopic (exact) mass is 576 g/mol. The molecule has 8 aromatic rings. The zero-order chi connectivity index (χ0) is 30.2. The van der Waals surface area contributed by atoms with E-state index in [2.05, 4.69) is 186 Å². The maximum atomic E-state index is 2.39. The highest BCUT2D eigenvalue weighted by atomic mass is 15.1. The van der Waals surface area contributed by atoms with Crippen LogP contribution in [0.1, 0.15) is 0 Å². The van der Waals surface area contributed by atoms with Crippen molar-refractivity contribution in [2.75, 3.05) is 11.9 Å². The van der Waals surface area contributed by atoms with Crippen molar-refractivity contribution in [1.82, 2.24) is 4.57 Å². The second-order valence-electron chi connectivity index (χ2n) is 11.5. The van der Waals surface area contributed by atoms with Crippen LogP contribution in [-0.4, -0.2) is 11.6 Å². The van der Waals surface area contributed by atoms with Gasteiger partial charge in [-0.25, -0.2) is 0 Å². The zero-order valence-corrected chi connectivity index (χ0v) is 25.1.